The van der Waals surface area contributed by atoms with E-state index in [0.717, 1.165) is 30.6 Å². The van der Waals surface area contributed by atoms with Gasteiger partial charge in [-0.05, 0) is 25.0 Å². The van der Waals surface area contributed by atoms with E-state index in [4.69, 9.17) is 9.84 Å². The molecule has 2 aliphatic rings. The first-order chi connectivity index (χ1) is 12.1. The molecule has 6 nitrogen and oxygen atoms in total. The van der Waals surface area contributed by atoms with Crippen LogP contribution >= 0.6 is 0 Å². The molecule has 1 aromatic heterocycles. The molecule has 1 saturated heterocycles. The summed E-state index contributed by atoms with van der Waals surface area (Å²) in [7, 11) is 1.54. The van der Waals surface area contributed by atoms with Crippen molar-refractivity contribution in [2.45, 2.75) is 25.0 Å². The van der Waals surface area contributed by atoms with Gasteiger partial charge in [-0.1, -0.05) is 6.08 Å². The molecular formula is C18H24FN3O3. The summed E-state index contributed by atoms with van der Waals surface area (Å²) in [5.41, 5.74) is 1.76. The molecule has 3 rings (SSSR count). The molecule has 0 aliphatic carbocycles. The van der Waals surface area contributed by atoms with Crippen LogP contribution in [0.2, 0.25) is 0 Å². The summed E-state index contributed by atoms with van der Waals surface area (Å²) in [6, 6.07) is 1.49. The topological polar surface area (TPSA) is 69.1 Å². The van der Waals surface area contributed by atoms with E-state index in [9.17, 15) is 9.50 Å². The van der Waals surface area contributed by atoms with E-state index in [0.29, 0.717) is 19.0 Å². The third kappa shape index (κ3) is 3.93. The number of rotatable bonds is 6. The summed E-state index contributed by atoms with van der Waals surface area (Å²) >= 11 is 0. The van der Waals surface area contributed by atoms with Crippen LogP contribution in [0.1, 0.15) is 24.4 Å². The number of β-amino-alcohol motifs (C(OH)–C–C–N with tert-alkyl or cyclic N) is 1. The van der Waals surface area contributed by atoms with Crippen molar-refractivity contribution in [2.75, 3.05) is 33.4 Å². The second-order valence-corrected chi connectivity index (χ2v) is 6.35. The summed E-state index contributed by atoms with van der Waals surface area (Å²) < 4.78 is 19.0. The molecule has 2 atom stereocenters. The van der Waals surface area contributed by atoms with Crippen LogP contribution in [0.4, 0.5) is 4.39 Å². The number of hydrogen-bond donors (Lipinski definition) is 2. The van der Waals surface area contributed by atoms with Crippen LogP contribution < -0.4 is 4.74 Å². The number of aromatic nitrogens is 1. The Bertz CT molecular complexity index is 665. The average molecular weight is 349 g/mol. The van der Waals surface area contributed by atoms with E-state index >= 15 is 0 Å². The zero-order chi connectivity index (χ0) is 17.8. The third-order valence-corrected chi connectivity index (χ3v) is 4.58. The molecule has 1 fully saturated rings. The molecule has 1 unspecified atom stereocenters. The van der Waals surface area contributed by atoms with E-state index in [1.165, 1.54) is 12.3 Å². The maximum absolute atomic E-state index is 13.7. The molecule has 2 aliphatic heterocycles. The molecule has 0 radical (unpaired) electrons. The lowest BCUT2D eigenvalue weighted by molar-refractivity contribution is 0.0731. The lowest BCUT2D eigenvalue weighted by Crippen LogP contribution is -2.34. The molecule has 0 saturated carbocycles. The molecule has 2 N–H and O–H groups in total. The Balaban J connectivity index is 1.84. The van der Waals surface area contributed by atoms with Gasteiger partial charge in [0.2, 0.25) is 5.88 Å². The smallest absolute Gasteiger partial charge is 0.218 e. The van der Waals surface area contributed by atoms with E-state index in [-0.39, 0.29) is 18.5 Å². The molecule has 3 heterocycles. The van der Waals surface area contributed by atoms with Crippen molar-refractivity contribution >= 4 is 0 Å². The minimum atomic E-state index is -0.772. The highest BCUT2D eigenvalue weighted by Gasteiger charge is 2.31. The molecule has 0 amide bonds. The SMILES string of the molecule is COc1ncc(F)cc1[C@H]1CCCN1C1=CN(CC(O)CO)CC=C1. The van der Waals surface area contributed by atoms with Gasteiger partial charge < -0.3 is 24.7 Å². The maximum Gasteiger partial charge on any atom is 0.218 e. The van der Waals surface area contributed by atoms with Crippen molar-refractivity contribution in [3.8, 4) is 5.88 Å². The van der Waals surface area contributed by atoms with Gasteiger partial charge in [0.1, 0.15) is 5.82 Å². The molecule has 25 heavy (non-hydrogen) atoms. The van der Waals surface area contributed by atoms with Gasteiger partial charge in [-0.3, -0.25) is 0 Å². The fourth-order valence-electron chi connectivity index (χ4n) is 3.47. The highest BCUT2D eigenvalue weighted by molar-refractivity contribution is 5.33. The summed E-state index contributed by atoms with van der Waals surface area (Å²) in [6.45, 7) is 1.65. The second-order valence-electron chi connectivity index (χ2n) is 6.35. The summed E-state index contributed by atoms with van der Waals surface area (Å²) in [4.78, 5) is 8.23. The van der Waals surface area contributed by atoms with Crippen molar-refractivity contribution in [2.24, 2.45) is 0 Å². The Morgan fingerprint density at radius 2 is 2.32 bits per heavy atom. The Morgan fingerprint density at radius 1 is 1.48 bits per heavy atom. The van der Waals surface area contributed by atoms with E-state index in [2.05, 4.69) is 9.88 Å². The normalized spacial score (nSPS) is 21.4. The fourth-order valence-corrected chi connectivity index (χ4v) is 3.47. The van der Waals surface area contributed by atoms with Crippen LogP contribution in [0, 0.1) is 5.82 Å². The van der Waals surface area contributed by atoms with Crippen molar-refractivity contribution in [1.29, 1.82) is 0 Å². The van der Waals surface area contributed by atoms with Crippen molar-refractivity contribution in [3.63, 3.8) is 0 Å². The Kier molecular flexibility index (Phi) is 5.55. The number of allylic oxidation sites excluding steroid dienone is 1. The second kappa shape index (κ2) is 7.84. The zero-order valence-electron chi connectivity index (χ0n) is 14.3. The largest absolute Gasteiger partial charge is 0.481 e. The van der Waals surface area contributed by atoms with Crippen molar-refractivity contribution < 1.29 is 19.3 Å². The highest BCUT2D eigenvalue weighted by atomic mass is 19.1. The van der Waals surface area contributed by atoms with Gasteiger partial charge in [0, 0.05) is 31.4 Å². The lowest BCUT2D eigenvalue weighted by Gasteiger charge is -2.33. The number of likely N-dealkylation sites (tertiary alicyclic amines) is 1. The number of pyridine rings is 1. The lowest BCUT2D eigenvalue weighted by atomic mass is 10.1. The van der Waals surface area contributed by atoms with Crippen LogP contribution in [0.15, 0.2) is 36.3 Å². The number of halogens is 1. The standard InChI is InChI=1S/C18H24FN3O3/c1-25-18-16(8-13(19)9-20-18)17-5-3-7-22(17)14-4-2-6-21(10-14)11-15(24)12-23/h2,4,8-10,15,17,23-24H,3,5-7,11-12H2,1H3/t15?,17-/m1/s1. The van der Waals surface area contributed by atoms with Gasteiger partial charge in [0.15, 0.2) is 0 Å². The predicted molar refractivity (Wildman–Crippen MR) is 91.3 cm³/mol. The Morgan fingerprint density at radius 3 is 3.08 bits per heavy atom. The predicted octanol–water partition coefficient (Wildman–Crippen LogP) is 1.43. The van der Waals surface area contributed by atoms with E-state index < -0.39 is 6.10 Å². The highest BCUT2D eigenvalue weighted by Crippen LogP contribution is 2.39. The van der Waals surface area contributed by atoms with E-state index in [1.807, 2.05) is 23.3 Å². The van der Waals surface area contributed by atoms with Gasteiger partial charge in [-0.25, -0.2) is 9.37 Å². The number of nitrogens with zero attached hydrogens (tertiary/aromatic N) is 3. The maximum atomic E-state index is 13.7. The monoisotopic (exact) mass is 349 g/mol. The first-order valence-corrected chi connectivity index (χ1v) is 8.49. The summed E-state index contributed by atoms with van der Waals surface area (Å²) in [5.74, 6) is 0.0785. The number of aliphatic hydroxyl groups is 2. The number of methoxy groups -OCH3 is 1. The molecule has 7 heteroatoms. The first-order valence-electron chi connectivity index (χ1n) is 8.49. The molecule has 0 spiro atoms. The van der Waals surface area contributed by atoms with Crippen LogP contribution in [0.25, 0.3) is 0 Å². The molecular weight excluding hydrogens is 325 g/mol. The zero-order valence-corrected chi connectivity index (χ0v) is 14.3. The van der Waals surface area contributed by atoms with Crippen molar-refractivity contribution in [3.05, 3.63) is 47.7 Å². The van der Waals surface area contributed by atoms with Gasteiger partial charge in [-0.2, -0.15) is 0 Å². The summed E-state index contributed by atoms with van der Waals surface area (Å²) in [5, 5.41) is 18.7. The minimum absolute atomic E-state index is 0.00300. The van der Waals surface area contributed by atoms with Gasteiger partial charge in [0.05, 0.1) is 37.8 Å². The average Bonchev–Trinajstić information content (AvgIpc) is 3.11. The quantitative estimate of drug-likeness (QED) is 0.810. The first kappa shape index (κ1) is 17.7. The van der Waals surface area contributed by atoms with Crippen molar-refractivity contribution in [1.82, 2.24) is 14.8 Å². The molecule has 0 aromatic carbocycles. The number of aliphatic hydroxyl groups excluding tert-OH is 2. The number of ether oxygens (including phenoxy) is 1. The fraction of sp³-hybridized carbons (Fsp3) is 0.500. The van der Waals surface area contributed by atoms with Crippen LogP contribution in [0.5, 0.6) is 5.88 Å². The Hall–Kier alpha value is -2.12. The van der Waals surface area contributed by atoms with Crippen LogP contribution in [-0.4, -0.2) is 64.5 Å². The minimum Gasteiger partial charge on any atom is -0.481 e. The van der Waals surface area contributed by atoms with Crippen LogP contribution in [0.3, 0.4) is 0 Å². The Labute approximate surface area is 146 Å². The number of hydrogen-bond acceptors (Lipinski definition) is 6. The van der Waals surface area contributed by atoms with Gasteiger partial charge in [0.25, 0.3) is 0 Å². The molecule has 1 aromatic rings. The summed E-state index contributed by atoms with van der Waals surface area (Å²) in [6.07, 6.45) is 8.33. The van der Waals surface area contributed by atoms with Crippen LogP contribution in [-0.2, 0) is 0 Å². The third-order valence-electron chi connectivity index (χ3n) is 4.58. The van der Waals surface area contributed by atoms with E-state index in [1.54, 1.807) is 7.11 Å². The van der Waals surface area contributed by atoms with Gasteiger partial charge >= 0.3 is 0 Å². The molecule has 136 valence electrons. The van der Waals surface area contributed by atoms with Gasteiger partial charge in [-0.15, -0.1) is 0 Å². The molecule has 0 bridgehead atoms.